The molecule has 2 aliphatic heterocycles. The summed E-state index contributed by atoms with van der Waals surface area (Å²) in [5.74, 6) is -0.169. The summed E-state index contributed by atoms with van der Waals surface area (Å²) in [7, 11) is -2.05. The van der Waals surface area contributed by atoms with E-state index in [9.17, 15) is 13.2 Å². The van der Waals surface area contributed by atoms with Gasteiger partial charge in [-0.2, -0.15) is 0 Å². The summed E-state index contributed by atoms with van der Waals surface area (Å²) < 4.78 is 30.6. The van der Waals surface area contributed by atoms with Crippen LogP contribution in [-0.2, 0) is 19.6 Å². The van der Waals surface area contributed by atoms with Gasteiger partial charge in [0.05, 0.1) is 18.4 Å². The monoisotopic (exact) mass is 242 g/mol. The van der Waals surface area contributed by atoms with Crippen molar-refractivity contribution in [1.82, 2.24) is 4.90 Å². The molecule has 0 aromatic carbocycles. The Morgan fingerprint density at radius 3 is 2.94 bits per heavy atom. The second kappa shape index (κ2) is 3.75. The van der Waals surface area contributed by atoms with Crippen LogP contribution in [0.2, 0.25) is 0 Å². The number of rotatable bonds is 1. The van der Waals surface area contributed by atoms with Gasteiger partial charge in [-0.15, -0.1) is 4.40 Å². The maximum Gasteiger partial charge on any atom is 0.339 e. The van der Waals surface area contributed by atoms with Crippen LogP contribution >= 0.6 is 0 Å². The molecular formula is C9H10N2O4S. The Labute approximate surface area is 93.0 Å². The Balaban J connectivity index is 2.32. The van der Waals surface area contributed by atoms with Gasteiger partial charge < -0.3 is 9.64 Å². The Morgan fingerprint density at radius 2 is 2.25 bits per heavy atom. The van der Waals surface area contributed by atoms with Crippen LogP contribution in [0.3, 0.4) is 0 Å². The Hall–Kier alpha value is -1.63. The van der Waals surface area contributed by atoms with E-state index in [4.69, 9.17) is 0 Å². The number of methoxy groups -OCH3 is 1. The van der Waals surface area contributed by atoms with Gasteiger partial charge in [0, 0.05) is 12.7 Å². The fourth-order valence-electron chi connectivity index (χ4n) is 1.44. The second-order valence-electron chi connectivity index (χ2n) is 3.34. The summed E-state index contributed by atoms with van der Waals surface area (Å²) in [6, 6.07) is 0. The summed E-state index contributed by atoms with van der Waals surface area (Å²) in [6.45, 7) is 0.298. The van der Waals surface area contributed by atoms with Crippen LogP contribution < -0.4 is 0 Å². The standard InChI is InChI=1S/C9H10N2O4S/c1-15-9(12)7-2-3-8-10-16(13,14)5-4-11(8)6-7/h2-3,6H,4-5H2,1H3. The first-order chi connectivity index (χ1) is 7.52. The van der Waals surface area contributed by atoms with Crippen molar-refractivity contribution < 1.29 is 17.9 Å². The first-order valence-corrected chi connectivity index (χ1v) is 6.20. The van der Waals surface area contributed by atoms with Crippen molar-refractivity contribution in [3.05, 3.63) is 23.9 Å². The van der Waals surface area contributed by atoms with E-state index in [1.54, 1.807) is 11.1 Å². The molecule has 2 aliphatic rings. The molecule has 7 heteroatoms. The highest BCUT2D eigenvalue weighted by Gasteiger charge is 2.24. The molecule has 0 aliphatic carbocycles. The lowest BCUT2D eigenvalue weighted by molar-refractivity contribution is -0.135. The molecule has 0 bridgehead atoms. The highest BCUT2D eigenvalue weighted by atomic mass is 32.2. The third kappa shape index (κ3) is 1.99. The number of esters is 1. The minimum atomic E-state index is -3.35. The summed E-state index contributed by atoms with van der Waals surface area (Å²) >= 11 is 0. The minimum absolute atomic E-state index is 0.0463. The Bertz CT molecular complexity index is 516. The molecule has 0 aromatic heterocycles. The van der Waals surface area contributed by atoms with Crippen LogP contribution in [0.4, 0.5) is 0 Å². The number of hydrogen-bond donors (Lipinski definition) is 0. The summed E-state index contributed by atoms with van der Waals surface area (Å²) in [4.78, 5) is 12.9. The van der Waals surface area contributed by atoms with Crippen LogP contribution in [0.1, 0.15) is 0 Å². The molecule has 2 rings (SSSR count). The molecule has 6 nitrogen and oxygen atoms in total. The Kier molecular flexibility index (Phi) is 2.55. The highest BCUT2D eigenvalue weighted by Crippen LogP contribution is 2.16. The fourth-order valence-corrected chi connectivity index (χ4v) is 2.41. The number of carbonyl (C=O) groups is 1. The SMILES string of the molecule is COC(=O)C1=CN2CCS(=O)(=O)N=C2C=C1. The number of fused-ring (bicyclic) bond motifs is 1. The maximum absolute atomic E-state index is 11.2. The van der Waals surface area contributed by atoms with Crippen molar-refractivity contribution in [2.75, 3.05) is 19.4 Å². The zero-order chi connectivity index (χ0) is 11.8. The first kappa shape index (κ1) is 10.9. The molecule has 0 N–H and O–H groups in total. The van der Waals surface area contributed by atoms with E-state index in [1.807, 2.05) is 0 Å². The van der Waals surface area contributed by atoms with Gasteiger partial charge in [0.25, 0.3) is 10.0 Å². The predicted octanol–water partition coefficient (Wildman–Crippen LogP) is -0.343. The van der Waals surface area contributed by atoms with E-state index in [0.29, 0.717) is 18.0 Å². The van der Waals surface area contributed by atoms with Gasteiger partial charge in [0.1, 0.15) is 5.84 Å². The molecule has 0 saturated heterocycles. The Morgan fingerprint density at radius 1 is 1.50 bits per heavy atom. The van der Waals surface area contributed by atoms with Crippen molar-refractivity contribution >= 4 is 21.8 Å². The molecule has 2 heterocycles. The van der Waals surface area contributed by atoms with E-state index in [1.165, 1.54) is 19.3 Å². The minimum Gasteiger partial charge on any atom is -0.465 e. The third-order valence-corrected chi connectivity index (χ3v) is 3.41. The van der Waals surface area contributed by atoms with E-state index < -0.39 is 16.0 Å². The molecule has 0 atom stereocenters. The van der Waals surface area contributed by atoms with Crippen molar-refractivity contribution in [1.29, 1.82) is 0 Å². The average Bonchev–Trinajstić information content (AvgIpc) is 2.26. The van der Waals surface area contributed by atoms with E-state index in [2.05, 4.69) is 9.13 Å². The summed E-state index contributed by atoms with van der Waals surface area (Å²) in [5, 5.41) is 0. The zero-order valence-corrected chi connectivity index (χ0v) is 9.40. The topological polar surface area (TPSA) is 76.0 Å². The molecule has 0 amide bonds. The van der Waals surface area contributed by atoms with Gasteiger partial charge in [-0.3, -0.25) is 0 Å². The normalized spacial score (nSPS) is 21.9. The van der Waals surface area contributed by atoms with Crippen LogP contribution in [0.25, 0.3) is 0 Å². The largest absolute Gasteiger partial charge is 0.465 e. The summed E-state index contributed by atoms with van der Waals surface area (Å²) in [6.07, 6.45) is 4.52. The van der Waals surface area contributed by atoms with Crippen molar-refractivity contribution in [2.45, 2.75) is 0 Å². The van der Waals surface area contributed by atoms with Gasteiger partial charge in [-0.05, 0) is 12.2 Å². The van der Waals surface area contributed by atoms with E-state index in [-0.39, 0.29) is 5.75 Å². The number of amidine groups is 1. The molecule has 86 valence electrons. The second-order valence-corrected chi connectivity index (χ2v) is 5.09. The number of hydrogen-bond acceptors (Lipinski definition) is 5. The quantitative estimate of drug-likeness (QED) is 0.588. The molecule has 16 heavy (non-hydrogen) atoms. The predicted molar refractivity (Wildman–Crippen MR) is 57.2 cm³/mol. The van der Waals surface area contributed by atoms with Crippen molar-refractivity contribution in [3.8, 4) is 0 Å². The molecular weight excluding hydrogens is 232 g/mol. The molecule has 0 radical (unpaired) electrons. The lowest BCUT2D eigenvalue weighted by Gasteiger charge is -2.26. The number of nitrogens with zero attached hydrogens (tertiary/aromatic N) is 2. The van der Waals surface area contributed by atoms with Crippen LogP contribution in [0, 0.1) is 0 Å². The summed E-state index contributed by atoms with van der Waals surface area (Å²) in [5.41, 5.74) is 0.376. The smallest absolute Gasteiger partial charge is 0.339 e. The van der Waals surface area contributed by atoms with Gasteiger partial charge in [-0.25, -0.2) is 13.2 Å². The van der Waals surface area contributed by atoms with Crippen LogP contribution in [0.5, 0.6) is 0 Å². The average molecular weight is 242 g/mol. The molecule has 0 aromatic rings. The number of ether oxygens (including phenoxy) is 1. The van der Waals surface area contributed by atoms with Gasteiger partial charge in [0.15, 0.2) is 0 Å². The lowest BCUT2D eigenvalue weighted by atomic mass is 10.2. The zero-order valence-electron chi connectivity index (χ0n) is 8.58. The molecule has 0 fully saturated rings. The van der Waals surface area contributed by atoms with Crippen LogP contribution in [0.15, 0.2) is 28.3 Å². The van der Waals surface area contributed by atoms with Crippen molar-refractivity contribution in [3.63, 3.8) is 0 Å². The van der Waals surface area contributed by atoms with Gasteiger partial charge >= 0.3 is 5.97 Å². The van der Waals surface area contributed by atoms with Gasteiger partial charge in [-0.1, -0.05) is 0 Å². The van der Waals surface area contributed by atoms with Gasteiger partial charge in [0.2, 0.25) is 0 Å². The number of carbonyl (C=O) groups excluding carboxylic acids is 1. The fraction of sp³-hybridized carbons (Fsp3) is 0.333. The lowest BCUT2D eigenvalue weighted by Crippen LogP contribution is -2.37. The van der Waals surface area contributed by atoms with E-state index in [0.717, 1.165) is 0 Å². The highest BCUT2D eigenvalue weighted by molar-refractivity contribution is 7.90. The molecule has 0 spiro atoms. The third-order valence-electron chi connectivity index (χ3n) is 2.25. The first-order valence-electron chi connectivity index (χ1n) is 4.59. The van der Waals surface area contributed by atoms with Crippen LogP contribution in [-0.4, -0.2) is 44.5 Å². The maximum atomic E-state index is 11.2. The molecule has 0 unspecified atom stereocenters. The van der Waals surface area contributed by atoms with Crippen molar-refractivity contribution in [2.24, 2.45) is 4.40 Å². The van der Waals surface area contributed by atoms with E-state index >= 15 is 0 Å². The number of sulfonamides is 1. The molecule has 0 saturated carbocycles.